The van der Waals surface area contributed by atoms with E-state index in [0.29, 0.717) is 93.5 Å². The molecule has 1 aliphatic heterocycles. The minimum Gasteiger partial charge on any atom is -0.496 e. The van der Waals surface area contributed by atoms with E-state index < -0.39 is 29.4 Å². The van der Waals surface area contributed by atoms with Gasteiger partial charge in [-0.15, -0.1) is 0 Å². The lowest BCUT2D eigenvalue weighted by molar-refractivity contribution is -0.155. The van der Waals surface area contributed by atoms with Gasteiger partial charge in [0.05, 0.1) is 77.2 Å². The predicted octanol–water partition coefficient (Wildman–Crippen LogP) is 3.28. The van der Waals surface area contributed by atoms with E-state index in [1.165, 1.54) is 0 Å². The summed E-state index contributed by atoms with van der Waals surface area (Å²) in [4.78, 5) is 102. The number of hydrogen-bond acceptors (Lipinski definition) is 19. The quantitative estimate of drug-likeness (QED) is 0.0377. The van der Waals surface area contributed by atoms with Gasteiger partial charge < -0.3 is 69.5 Å². The summed E-state index contributed by atoms with van der Waals surface area (Å²) in [5.41, 5.74) is 2.59. The molecule has 5 unspecified atom stereocenters. The van der Waals surface area contributed by atoms with Crippen LogP contribution >= 0.6 is 0 Å². The summed E-state index contributed by atoms with van der Waals surface area (Å²) in [6.07, 6.45) is 5.77. The molecule has 26 heteroatoms. The zero-order chi connectivity index (χ0) is 66.8. The fraction of sp³-hybridized carbons (Fsp3) is 0.662. The van der Waals surface area contributed by atoms with Crippen molar-refractivity contribution in [2.24, 2.45) is 23.7 Å². The first-order valence-corrected chi connectivity index (χ1v) is 31.9. The SMILES string of the molecule is CO.COc1cccc(OC)c1-c1cc(C(=O)NC2(C(=O)O)C(C)CC3CC(C)CC2C3)nn1-c1ccc(N(C)CCCN(C)CCCN(C)C(=O)COCCOCCNC(=O)CN2CCN(CC=O)CCN(CC(=O)O)CCN(CC(=O)O)CC2)cc1C(C)C. The number of likely N-dealkylation sites (N-methyl/N-ethyl adjacent to an activating group) is 1. The number of carboxylic acid groups (broad SMARTS) is 3. The van der Waals surface area contributed by atoms with Crippen molar-refractivity contribution < 1.29 is 72.9 Å². The van der Waals surface area contributed by atoms with E-state index in [1.807, 2.05) is 41.0 Å². The molecule has 2 saturated carbocycles. The van der Waals surface area contributed by atoms with Gasteiger partial charge in [-0.2, -0.15) is 5.10 Å². The summed E-state index contributed by atoms with van der Waals surface area (Å²) in [7, 11) is 10.1. The number of rotatable bonds is 33. The van der Waals surface area contributed by atoms with Crippen molar-refractivity contribution in [1.82, 2.24) is 49.8 Å². The molecule has 3 fully saturated rings. The van der Waals surface area contributed by atoms with Gasteiger partial charge in [-0.25, -0.2) is 9.48 Å². The number of nitrogens with one attached hydrogen (secondary N) is 2. The van der Waals surface area contributed by atoms with Gasteiger partial charge in [0.1, 0.15) is 29.9 Å². The van der Waals surface area contributed by atoms with Gasteiger partial charge >= 0.3 is 17.9 Å². The lowest BCUT2D eigenvalue weighted by Crippen LogP contribution is -2.66. The van der Waals surface area contributed by atoms with Gasteiger partial charge in [0.25, 0.3) is 5.91 Å². The molecule has 3 aromatic rings. The Morgan fingerprint density at radius 3 is 1.88 bits per heavy atom. The van der Waals surface area contributed by atoms with Crippen molar-refractivity contribution in [3.05, 3.63) is 53.7 Å². The molecule has 0 spiro atoms. The number of carbonyl (C=O) groups is 7. The standard InChI is InChI=1S/C64H99N11O14.CH4O/c1-45(2)51-39-50(15-16-53(51)75-54(61-55(86-8)13-10-14-56(61)87-9)40-52(67-75)62(83)66-64(63(84)85)47(4)37-48-35-46(3)36-49(64)38-48)69(6)20-11-18-68(5)19-12-21-70(7)58(78)44-89-34-33-88-32-17-65-57(77)41-72-24-22-71(30-31-76)23-25-73(42-59(79)80)28-29-74(27-26-72)43-60(81)82;1-2/h10,13-16,31,39-40,45-49H,11-12,17-30,32-38,41-44H2,1-9H3,(H,65,77)(H,66,83)(H,79,80)(H,81,82)(H,84,85);2H,1H3. The number of fused-ring (bicyclic) bond motifs is 2. The van der Waals surface area contributed by atoms with Crippen LogP contribution in [0.1, 0.15) is 88.2 Å². The molecule has 1 saturated heterocycles. The van der Waals surface area contributed by atoms with E-state index in [1.54, 1.807) is 46.7 Å². The fourth-order valence-electron chi connectivity index (χ4n) is 13.0. The number of aromatic nitrogens is 2. The highest BCUT2D eigenvalue weighted by atomic mass is 16.5. The molecular formula is C65H103N11O15. The maximum atomic E-state index is 14.6. The third kappa shape index (κ3) is 22.2. The number of carbonyl (C=O) groups excluding carboxylic acids is 4. The molecule has 2 bridgehead atoms. The van der Waals surface area contributed by atoms with Gasteiger partial charge in [-0.1, -0.05) is 33.8 Å². The largest absolute Gasteiger partial charge is 0.496 e. The average molecular weight is 1280 g/mol. The Hall–Kier alpha value is -6.78. The van der Waals surface area contributed by atoms with Crippen molar-refractivity contribution in [2.75, 3.05) is 185 Å². The first-order valence-electron chi connectivity index (χ1n) is 31.9. The topological polar surface area (TPSA) is 302 Å². The number of hydrogen-bond donors (Lipinski definition) is 6. The Bertz CT molecular complexity index is 2800. The summed E-state index contributed by atoms with van der Waals surface area (Å²) in [6, 6.07) is 13.4. The van der Waals surface area contributed by atoms with Crippen LogP contribution in [-0.4, -0.2) is 287 Å². The van der Waals surface area contributed by atoms with Crippen LogP contribution in [0.4, 0.5) is 5.69 Å². The van der Waals surface area contributed by atoms with E-state index in [-0.39, 0.29) is 94.4 Å². The van der Waals surface area contributed by atoms with Crippen molar-refractivity contribution in [3.63, 3.8) is 0 Å². The number of aliphatic hydroxyl groups excluding tert-OH is 1. The van der Waals surface area contributed by atoms with Crippen LogP contribution in [0.5, 0.6) is 11.5 Å². The minimum atomic E-state index is -1.43. The number of aldehydes is 1. The molecule has 5 atom stereocenters. The number of ether oxygens (including phenoxy) is 4. The second-order valence-corrected chi connectivity index (χ2v) is 24.7. The maximum absolute atomic E-state index is 14.6. The number of carboxylic acids is 3. The number of anilines is 1. The van der Waals surface area contributed by atoms with Crippen LogP contribution in [0.3, 0.4) is 0 Å². The summed E-state index contributed by atoms with van der Waals surface area (Å²) in [5.74, 6) is -2.47. The Labute approximate surface area is 537 Å². The Morgan fingerprint density at radius 1 is 0.725 bits per heavy atom. The van der Waals surface area contributed by atoms with Gasteiger partial charge in [-0.3, -0.25) is 43.6 Å². The molecule has 2 aromatic carbocycles. The number of nitrogens with zero attached hydrogens (tertiary/aromatic N) is 9. The molecule has 508 valence electrons. The Morgan fingerprint density at radius 2 is 1.31 bits per heavy atom. The fourth-order valence-corrected chi connectivity index (χ4v) is 13.0. The Balaban J connectivity index is 0.00000744. The van der Waals surface area contributed by atoms with Gasteiger partial charge in [0, 0.05) is 98.9 Å². The van der Waals surface area contributed by atoms with Crippen molar-refractivity contribution in [1.29, 1.82) is 0 Å². The average Bonchev–Trinajstić information content (AvgIpc) is 1.63. The van der Waals surface area contributed by atoms with Crippen LogP contribution in [0, 0.1) is 23.7 Å². The zero-order valence-corrected chi connectivity index (χ0v) is 55.4. The third-order valence-electron chi connectivity index (χ3n) is 17.8. The molecule has 6 rings (SSSR count). The predicted molar refractivity (Wildman–Crippen MR) is 345 cm³/mol. The summed E-state index contributed by atoms with van der Waals surface area (Å²) in [5, 5.41) is 47.8. The van der Waals surface area contributed by atoms with Crippen LogP contribution in [0.15, 0.2) is 42.5 Å². The molecule has 2 heterocycles. The molecule has 2 aliphatic carbocycles. The first kappa shape index (κ1) is 74.9. The van der Waals surface area contributed by atoms with Crippen LogP contribution in [0.2, 0.25) is 0 Å². The lowest BCUT2D eigenvalue weighted by atomic mass is 9.56. The summed E-state index contributed by atoms with van der Waals surface area (Å²) in [6.45, 7) is 15.1. The number of aliphatic hydroxyl groups is 1. The van der Waals surface area contributed by atoms with E-state index in [9.17, 15) is 48.9 Å². The molecular weight excluding hydrogens is 1170 g/mol. The number of benzene rings is 2. The number of methoxy groups -OCH3 is 2. The highest BCUT2D eigenvalue weighted by molar-refractivity contribution is 5.98. The zero-order valence-electron chi connectivity index (χ0n) is 55.4. The second-order valence-electron chi connectivity index (χ2n) is 24.7. The van der Waals surface area contributed by atoms with Crippen LogP contribution in [-0.2, 0) is 38.2 Å². The monoisotopic (exact) mass is 1280 g/mol. The Kier molecular flexibility index (Phi) is 31.0. The van der Waals surface area contributed by atoms with Crippen molar-refractivity contribution >= 4 is 47.6 Å². The van der Waals surface area contributed by atoms with E-state index in [4.69, 9.17) is 29.2 Å². The minimum absolute atomic E-state index is 0.0428. The lowest BCUT2D eigenvalue weighted by Gasteiger charge is -2.52. The highest BCUT2D eigenvalue weighted by Crippen LogP contribution is 2.50. The van der Waals surface area contributed by atoms with Crippen LogP contribution < -0.4 is 25.0 Å². The number of aliphatic carboxylic acids is 3. The molecule has 6 N–H and O–H groups in total. The maximum Gasteiger partial charge on any atom is 0.329 e. The molecule has 26 nitrogen and oxygen atoms in total. The number of amides is 3. The van der Waals surface area contributed by atoms with Gasteiger partial charge in [0.2, 0.25) is 11.8 Å². The highest BCUT2D eigenvalue weighted by Gasteiger charge is 2.57. The van der Waals surface area contributed by atoms with E-state index in [2.05, 4.69) is 67.4 Å². The smallest absolute Gasteiger partial charge is 0.329 e. The summed E-state index contributed by atoms with van der Waals surface area (Å²) < 4.78 is 24.8. The van der Waals surface area contributed by atoms with E-state index >= 15 is 0 Å². The van der Waals surface area contributed by atoms with Crippen molar-refractivity contribution in [3.8, 4) is 28.4 Å². The molecule has 1 aromatic heterocycles. The molecule has 3 amide bonds. The second kappa shape index (κ2) is 37.7. The van der Waals surface area contributed by atoms with Crippen LogP contribution in [0.25, 0.3) is 16.9 Å². The molecule has 3 aliphatic rings. The molecule has 0 radical (unpaired) electrons. The third-order valence-corrected chi connectivity index (χ3v) is 17.8. The van der Waals surface area contributed by atoms with Gasteiger partial charge in [-0.05, 0) is 130 Å². The van der Waals surface area contributed by atoms with E-state index in [0.717, 1.165) is 88.5 Å². The normalized spacial score (nSPS) is 20.3. The molecule has 91 heavy (non-hydrogen) atoms. The van der Waals surface area contributed by atoms with Crippen molar-refractivity contribution in [2.45, 2.75) is 77.7 Å². The summed E-state index contributed by atoms with van der Waals surface area (Å²) >= 11 is 0. The first-order chi connectivity index (χ1) is 43.6. The van der Waals surface area contributed by atoms with Gasteiger partial charge in [0.15, 0.2) is 5.69 Å².